The first-order valence-corrected chi connectivity index (χ1v) is 11.9. The number of nitrogens with one attached hydrogen (secondary N) is 1. The Hall–Kier alpha value is -2.74. The molecule has 1 saturated heterocycles. The van der Waals surface area contributed by atoms with Crippen LogP contribution in [0.3, 0.4) is 0 Å². The van der Waals surface area contributed by atoms with Gasteiger partial charge >= 0.3 is 0 Å². The number of ether oxygens (including phenoxy) is 1. The van der Waals surface area contributed by atoms with Crippen LogP contribution in [0.1, 0.15) is 18.2 Å². The Bertz CT molecular complexity index is 1010. The molecule has 0 bridgehead atoms. The molecule has 6 nitrogen and oxygen atoms in total. The number of aromatic nitrogens is 1. The molecule has 0 atom stereocenters. The first-order valence-electron chi connectivity index (χ1n) is 11.1. The number of thiazole rings is 1. The molecule has 2 aromatic carbocycles. The third-order valence-electron chi connectivity index (χ3n) is 5.55. The van der Waals surface area contributed by atoms with E-state index < -0.39 is 0 Å². The van der Waals surface area contributed by atoms with Crippen LogP contribution in [0, 0.1) is 0 Å². The lowest BCUT2D eigenvalue weighted by Gasteiger charge is -2.32. The molecule has 1 fully saturated rings. The molecule has 1 amide bonds. The van der Waals surface area contributed by atoms with Crippen LogP contribution in [0.2, 0.25) is 0 Å². The highest BCUT2D eigenvalue weighted by atomic mass is 32.1. The first kappa shape index (κ1) is 22.5. The Labute approximate surface area is 193 Å². The molecule has 7 heteroatoms. The smallest absolute Gasteiger partial charge is 0.230 e. The van der Waals surface area contributed by atoms with Crippen LogP contribution in [0.15, 0.2) is 53.9 Å². The number of amides is 1. The molecule has 0 radical (unpaired) electrons. The van der Waals surface area contributed by atoms with Crippen molar-refractivity contribution in [3.05, 3.63) is 65.2 Å². The molecule has 0 saturated carbocycles. The molecule has 1 aliphatic rings. The quantitative estimate of drug-likeness (QED) is 0.559. The summed E-state index contributed by atoms with van der Waals surface area (Å²) in [5.41, 5.74) is 3.96. The van der Waals surface area contributed by atoms with Crippen molar-refractivity contribution in [1.29, 1.82) is 0 Å². The van der Waals surface area contributed by atoms with Crippen LogP contribution in [0.4, 0.5) is 5.69 Å². The van der Waals surface area contributed by atoms with Crippen molar-refractivity contribution >= 4 is 22.9 Å². The van der Waals surface area contributed by atoms with E-state index in [1.165, 1.54) is 5.56 Å². The second-order valence-corrected chi connectivity index (χ2v) is 8.96. The summed E-state index contributed by atoms with van der Waals surface area (Å²) in [7, 11) is 2.18. The van der Waals surface area contributed by atoms with Crippen molar-refractivity contribution in [2.75, 3.05) is 45.2 Å². The minimum absolute atomic E-state index is 0.0754. The topological polar surface area (TPSA) is 57.7 Å². The number of hydrogen-bond acceptors (Lipinski definition) is 6. The SMILES string of the molecule is CCOc1ccc(NC(=O)Cc2csc(-c3ccc(CN4CCN(C)CC4)cc3)n2)cc1. The van der Waals surface area contributed by atoms with Gasteiger partial charge < -0.3 is 15.0 Å². The molecular formula is C25H30N4O2S. The average molecular weight is 451 g/mol. The molecule has 0 unspecified atom stereocenters. The zero-order valence-electron chi connectivity index (χ0n) is 18.7. The Morgan fingerprint density at radius 2 is 1.78 bits per heavy atom. The molecule has 1 aliphatic heterocycles. The van der Waals surface area contributed by atoms with E-state index >= 15 is 0 Å². The van der Waals surface area contributed by atoms with Gasteiger partial charge in [-0.1, -0.05) is 24.3 Å². The maximum atomic E-state index is 12.4. The number of hydrogen-bond donors (Lipinski definition) is 1. The van der Waals surface area contributed by atoms with E-state index in [0.29, 0.717) is 6.61 Å². The maximum Gasteiger partial charge on any atom is 0.230 e. The lowest BCUT2D eigenvalue weighted by atomic mass is 10.1. The molecule has 0 spiro atoms. The second kappa shape index (κ2) is 10.7. The highest BCUT2D eigenvalue weighted by Gasteiger charge is 2.14. The van der Waals surface area contributed by atoms with Crippen LogP contribution in [0.5, 0.6) is 5.75 Å². The first-order chi connectivity index (χ1) is 15.6. The fraction of sp³-hybridized carbons (Fsp3) is 0.360. The number of carbonyl (C=O) groups excluding carboxylic acids is 1. The minimum Gasteiger partial charge on any atom is -0.494 e. The average Bonchev–Trinajstić information content (AvgIpc) is 3.26. The number of benzene rings is 2. The van der Waals surface area contributed by atoms with Gasteiger partial charge in [0, 0.05) is 49.4 Å². The molecule has 32 heavy (non-hydrogen) atoms. The Morgan fingerprint density at radius 1 is 1.06 bits per heavy atom. The van der Waals surface area contributed by atoms with E-state index in [0.717, 1.165) is 60.4 Å². The summed E-state index contributed by atoms with van der Waals surface area (Å²) >= 11 is 1.58. The summed E-state index contributed by atoms with van der Waals surface area (Å²) < 4.78 is 5.43. The minimum atomic E-state index is -0.0754. The summed E-state index contributed by atoms with van der Waals surface area (Å²) in [6.45, 7) is 8.05. The molecule has 3 aromatic rings. The second-order valence-electron chi connectivity index (χ2n) is 8.10. The van der Waals surface area contributed by atoms with E-state index in [4.69, 9.17) is 4.74 Å². The molecule has 0 aliphatic carbocycles. The number of nitrogens with zero attached hydrogens (tertiary/aromatic N) is 3. The number of piperazine rings is 1. The van der Waals surface area contributed by atoms with Crippen molar-refractivity contribution in [2.45, 2.75) is 19.9 Å². The Morgan fingerprint density at radius 3 is 2.47 bits per heavy atom. The van der Waals surface area contributed by atoms with Crippen LogP contribution in [0.25, 0.3) is 10.6 Å². The zero-order chi connectivity index (χ0) is 22.3. The lowest BCUT2D eigenvalue weighted by molar-refractivity contribution is -0.115. The summed E-state index contributed by atoms with van der Waals surface area (Å²) in [6.07, 6.45) is 0.255. The number of rotatable bonds is 8. The summed E-state index contributed by atoms with van der Waals surface area (Å²) in [4.78, 5) is 22.0. The van der Waals surface area contributed by atoms with Gasteiger partial charge in [-0.15, -0.1) is 11.3 Å². The monoisotopic (exact) mass is 450 g/mol. The predicted molar refractivity (Wildman–Crippen MR) is 130 cm³/mol. The third kappa shape index (κ3) is 6.16. The third-order valence-corrected chi connectivity index (χ3v) is 6.49. The fourth-order valence-corrected chi connectivity index (χ4v) is 4.53. The van der Waals surface area contributed by atoms with Gasteiger partial charge in [0.15, 0.2) is 0 Å². The van der Waals surface area contributed by atoms with Crippen molar-refractivity contribution < 1.29 is 9.53 Å². The largest absolute Gasteiger partial charge is 0.494 e. The highest BCUT2D eigenvalue weighted by molar-refractivity contribution is 7.13. The summed E-state index contributed by atoms with van der Waals surface area (Å²) in [5.74, 6) is 0.720. The molecule has 1 N–H and O–H groups in total. The van der Waals surface area contributed by atoms with Gasteiger partial charge in [0.25, 0.3) is 0 Å². The summed E-state index contributed by atoms with van der Waals surface area (Å²) in [6, 6.07) is 16.0. The number of carbonyl (C=O) groups is 1. The van der Waals surface area contributed by atoms with Crippen LogP contribution < -0.4 is 10.1 Å². The zero-order valence-corrected chi connectivity index (χ0v) is 19.5. The van der Waals surface area contributed by atoms with Crippen LogP contribution in [-0.2, 0) is 17.8 Å². The van der Waals surface area contributed by atoms with E-state index in [2.05, 4.69) is 51.4 Å². The predicted octanol–water partition coefficient (Wildman–Crippen LogP) is 4.14. The van der Waals surface area contributed by atoms with Crippen molar-refractivity contribution in [3.63, 3.8) is 0 Å². The molecule has 2 heterocycles. The maximum absolute atomic E-state index is 12.4. The standard InChI is InChI=1S/C25H30N4O2S/c1-3-31-23-10-8-21(9-11-23)26-24(30)16-22-18-32-25(27-22)20-6-4-19(5-7-20)17-29-14-12-28(2)13-15-29/h4-11,18H,3,12-17H2,1-2H3,(H,26,30). The van der Waals surface area contributed by atoms with E-state index in [1.54, 1.807) is 11.3 Å². The van der Waals surface area contributed by atoms with Gasteiger partial charge in [-0.3, -0.25) is 9.69 Å². The van der Waals surface area contributed by atoms with E-state index in [1.807, 2.05) is 36.6 Å². The Balaban J connectivity index is 1.30. The van der Waals surface area contributed by atoms with E-state index in [-0.39, 0.29) is 12.3 Å². The lowest BCUT2D eigenvalue weighted by Crippen LogP contribution is -2.43. The van der Waals surface area contributed by atoms with Gasteiger partial charge in [-0.05, 0) is 43.8 Å². The van der Waals surface area contributed by atoms with Gasteiger partial charge in [-0.25, -0.2) is 4.98 Å². The van der Waals surface area contributed by atoms with Crippen LogP contribution in [-0.4, -0.2) is 60.5 Å². The van der Waals surface area contributed by atoms with Gasteiger partial charge in [0.2, 0.25) is 5.91 Å². The summed E-state index contributed by atoms with van der Waals surface area (Å²) in [5, 5.41) is 5.83. The Kier molecular flexibility index (Phi) is 7.52. The highest BCUT2D eigenvalue weighted by Crippen LogP contribution is 2.25. The van der Waals surface area contributed by atoms with Gasteiger partial charge in [-0.2, -0.15) is 0 Å². The van der Waals surface area contributed by atoms with Crippen molar-refractivity contribution in [2.24, 2.45) is 0 Å². The van der Waals surface area contributed by atoms with E-state index in [9.17, 15) is 4.79 Å². The molecule has 1 aromatic heterocycles. The fourth-order valence-electron chi connectivity index (χ4n) is 3.71. The normalized spacial score (nSPS) is 14.9. The van der Waals surface area contributed by atoms with Gasteiger partial charge in [0.1, 0.15) is 10.8 Å². The van der Waals surface area contributed by atoms with Gasteiger partial charge in [0.05, 0.1) is 18.7 Å². The molecule has 4 rings (SSSR count). The molecular weight excluding hydrogens is 420 g/mol. The molecule has 168 valence electrons. The number of anilines is 1. The van der Waals surface area contributed by atoms with Crippen molar-refractivity contribution in [3.8, 4) is 16.3 Å². The van der Waals surface area contributed by atoms with Crippen LogP contribution >= 0.6 is 11.3 Å². The number of likely N-dealkylation sites (N-methyl/N-ethyl adjacent to an activating group) is 1. The van der Waals surface area contributed by atoms with Crippen molar-refractivity contribution in [1.82, 2.24) is 14.8 Å².